The summed E-state index contributed by atoms with van der Waals surface area (Å²) in [6.45, 7) is 4.71. The molecule has 0 amide bonds. The first kappa shape index (κ1) is 14.3. The predicted octanol–water partition coefficient (Wildman–Crippen LogP) is 3.30. The van der Waals surface area contributed by atoms with Crippen molar-refractivity contribution in [2.75, 3.05) is 11.9 Å². The molecule has 1 aliphatic rings. The van der Waals surface area contributed by atoms with Crippen LogP contribution in [0.3, 0.4) is 0 Å². The summed E-state index contributed by atoms with van der Waals surface area (Å²) in [5.74, 6) is 1.34. The van der Waals surface area contributed by atoms with Gasteiger partial charge in [-0.2, -0.15) is 15.0 Å². The normalized spacial score (nSPS) is 16.0. The number of hydrogen-bond acceptors (Lipinski definition) is 5. The van der Waals surface area contributed by atoms with Gasteiger partial charge in [0.15, 0.2) is 0 Å². The minimum atomic E-state index is 0.0183. The number of halogens is 1. The van der Waals surface area contributed by atoms with Crippen LogP contribution in [-0.2, 0) is 0 Å². The van der Waals surface area contributed by atoms with Crippen molar-refractivity contribution >= 4 is 17.5 Å². The Morgan fingerprint density at radius 1 is 1.26 bits per heavy atom. The van der Waals surface area contributed by atoms with Gasteiger partial charge < -0.3 is 10.1 Å². The third-order valence-corrected chi connectivity index (χ3v) is 3.41. The van der Waals surface area contributed by atoms with Crippen LogP contribution in [0.25, 0.3) is 0 Å². The minimum Gasteiger partial charge on any atom is -0.461 e. The maximum Gasteiger partial charge on any atom is 0.322 e. The highest BCUT2D eigenvalue weighted by Gasteiger charge is 2.14. The molecular weight excluding hydrogens is 264 g/mol. The van der Waals surface area contributed by atoms with Gasteiger partial charge in [-0.25, -0.2) is 0 Å². The summed E-state index contributed by atoms with van der Waals surface area (Å²) in [6.07, 6.45) is 6.61. The van der Waals surface area contributed by atoms with Crippen LogP contribution < -0.4 is 10.1 Å². The highest BCUT2D eigenvalue weighted by molar-refractivity contribution is 6.28. The molecule has 1 saturated carbocycles. The third kappa shape index (κ3) is 4.82. The minimum absolute atomic E-state index is 0.0183. The monoisotopic (exact) mass is 284 g/mol. The molecule has 0 atom stereocenters. The van der Waals surface area contributed by atoms with Crippen molar-refractivity contribution in [3.8, 4) is 6.01 Å². The second-order valence-electron chi connectivity index (χ2n) is 5.24. The second kappa shape index (κ2) is 6.89. The predicted molar refractivity (Wildman–Crippen MR) is 75.7 cm³/mol. The van der Waals surface area contributed by atoms with Crippen molar-refractivity contribution in [3.05, 3.63) is 5.28 Å². The van der Waals surface area contributed by atoms with Gasteiger partial charge in [-0.15, -0.1) is 0 Å². The smallest absolute Gasteiger partial charge is 0.322 e. The van der Waals surface area contributed by atoms with Crippen molar-refractivity contribution in [3.63, 3.8) is 0 Å². The van der Waals surface area contributed by atoms with Crippen LogP contribution >= 0.6 is 11.6 Å². The summed E-state index contributed by atoms with van der Waals surface area (Å²) in [5, 5.41) is 3.36. The van der Waals surface area contributed by atoms with Crippen molar-refractivity contribution in [2.45, 2.75) is 52.1 Å². The fourth-order valence-corrected chi connectivity index (χ4v) is 2.51. The zero-order chi connectivity index (χ0) is 13.7. The van der Waals surface area contributed by atoms with E-state index >= 15 is 0 Å². The molecule has 1 aliphatic carbocycles. The summed E-state index contributed by atoms with van der Waals surface area (Å²) in [4.78, 5) is 12.2. The van der Waals surface area contributed by atoms with E-state index in [0.29, 0.717) is 5.95 Å². The molecule has 0 unspecified atom stereocenters. The second-order valence-corrected chi connectivity index (χ2v) is 5.58. The molecule has 1 aromatic rings. The molecular formula is C13H21ClN4O. The van der Waals surface area contributed by atoms with E-state index in [-0.39, 0.29) is 17.4 Å². The Hall–Kier alpha value is -1.10. The van der Waals surface area contributed by atoms with Gasteiger partial charge >= 0.3 is 6.01 Å². The first-order valence-corrected chi connectivity index (χ1v) is 7.33. The number of aromatic nitrogens is 3. The zero-order valence-corrected chi connectivity index (χ0v) is 12.3. The molecule has 6 heteroatoms. The Labute approximate surface area is 119 Å². The van der Waals surface area contributed by atoms with E-state index in [1.54, 1.807) is 0 Å². The lowest BCUT2D eigenvalue weighted by atomic mass is 10.0. The van der Waals surface area contributed by atoms with E-state index in [1.807, 2.05) is 13.8 Å². The van der Waals surface area contributed by atoms with E-state index < -0.39 is 0 Å². The molecule has 0 aliphatic heterocycles. The number of nitrogens with zero attached hydrogens (tertiary/aromatic N) is 3. The Bertz CT molecular complexity index is 408. The molecule has 0 saturated heterocycles. The van der Waals surface area contributed by atoms with Gasteiger partial charge in [-0.3, -0.25) is 0 Å². The van der Waals surface area contributed by atoms with Gasteiger partial charge in [0.25, 0.3) is 0 Å². The summed E-state index contributed by atoms with van der Waals surface area (Å²) in [7, 11) is 0. The Morgan fingerprint density at radius 2 is 2.00 bits per heavy atom. The summed E-state index contributed by atoms with van der Waals surface area (Å²) in [5.41, 5.74) is 0. The van der Waals surface area contributed by atoms with Crippen molar-refractivity contribution < 1.29 is 4.74 Å². The Kier molecular flexibility index (Phi) is 5.19. The molecule has 0 radical (unpaired) electrons. The van der Waals surface area contributed by atoms with E-state index in [4.69, 9.17) is 16.3 Å². The Balaban J connectivity index is 1.86. The summed E-state index contributed by atoms with van der Waals surface area (Å²) in [6, 6.07) is 0.276. The van der Waals surface area contributed by atoms with Crippen LogP contribution in [0.5, 0.6) is 6.01 Å². The molecule has 0 bridgehead atoms. The van der Waals surface area contributed by atoms with Gasteiger partial charge in [0.2, 0.25) is 11.2 Å². The number of anilines is 1. The fourth-order valence-electron chi connectivity index (χ4n) is 2.36. The summed E-state index contributed by atoms with van der Waals surface area (Å²) < 4.78 is 5.43. The van der Waals surface area contributed by atoms with Gasteiger partial charge in [0.1, 0.15) is 0 Å². The number of nitrogens with one attached hydrogen (secondary N) is 1. The molecule has 0 aromatic carbocycles. The number of hydrogen-bond donors (Lipinski definition) is 1. The highest BCUT2D eigenvalue weighted by Crippen LogP contribution is 2.27. The average Bonchev–Trinajstić information content (AvgIpc) is 2.80. The van der Waals surface area contributed by atoms with Gasteiger partial charge in [0.05, 0.1) is 6.10 Å². The van der Waals surface area contributed by atoms with Gasteiger partial charge in [0, 0.05) is 6.54 Å². The molecule has 1 N–H and O–H groups in total. The highest BCUT2D eigenvalue weighted by atomic mass is 35.5. The maximum atomic E-state index is 5.86. The average molecular weight is 285 g/mol. The van der Waals surface area contributed by atoms with E-state index in [2.05, 4.69) is 20.3 Å². The largest absolute Gasteiger partial charge is 0.461 e. The molecule has 1 heterocycles. The standard InChI is InChI=1S/C13H21ClN4O/c1-9(2)19-13-17-11(14)16-12(18-13)15-8-7-10-5-3-4-6-10/h9-10H,3-8H2,1-2H3,(H,15,16,17,18). The number of rotatable bonds is 6. The molecule has 1 aromatic heterocycles. The van der Waals surface area contributed by atoms with Crippen molar-refractivity contribution in [2.24, 2.45) is 5.92 Å². The van der Waals surface area contributed by atoms with Crippen LogP contribution in [0.2, 0.25) is 5.28 Å². The number of ether oxygens (including phenoxy) is 1. The molecule has 106 valence electrons. The molecule has 2 rings (SSSR count). The van der Waals surface area contributed by atoms with Gasteiger partial charge in [-0.1, -0.05) is 25.7 Å². The van der Waals surface area contributed by atoms with Crippen LogP contribution in [0.15, 0.2) is 0 Å². The van der Waals surface area contributed by atoms with Crippen molar-refractivity contribution in [1.82, 2.24) is 15.0 Å². The SMILES string of the molecule is CC(C)Oc1nc(Cl)nc(NCCC2CCCC2)n1. The maximum absolute atomic E-state index is 5.86. The molecule has 5 nitrogen and oxygen atoms in total. The molecule has 19 heavy (non-hydrogen) atoms. The quantitative estimate of drug-likeness (QED) is 0.868. The van der Waals surface area contributed by atoms with E-state index in [0.717, 1.165) is 18.9 Å². The van der Waals surface area contributed by atoms with Gasteiger partial charge in [-0.05, 0) is 37.8 Å². The molecule has 1 fully saturated rings. The first-order valence-electron chi connectivity index (χ1n) is 6.95. The van der Waals surface area contributed by atoms with Crippen LogP contribution in [0.4, 0.5) is 5.95 Å². The van der Waals surface area contributed by atoms with Crippen LogP contribution in [0.1, 0.15) is 46.0 Å². The van der Waals surface area contributed by atoms with Crippen molar-refractivity contribution in [1.29, 1.82) is 0 Å². The lowest BCUT2D eigenvalue weighted by molar-refractivity contribution is 0.222. The van der Waals surface area contributed by atoms with Crippen LogP contribution in [0, 0.1) is 5.92 Å². The fraction of sp³-hybridized carbons (Fsp3) is 0.769. The van der Waals surface area contributed by atoms with E-state index in [1.165, 1.54) is 25.7 Å². The topological polar surface area (TPSA) is 59.9 Å². The first-order chi connectivity index (χ1) is 9.13. The Morgan fingerprint density at radius 3 is 2.68 bits per heavy atom. The summed E-state index contributed by atoms with van der Waals surface area (Å²) >= 11 is 5.86. The lowest BCUT2D eigenvalue weighted by Crippen LogP contribution is -2.13. The lowest BCUT2D eigenvalue weighted by Gasteiger charge is -2.11. The van der Waals surface area contributed by atoms with E-state index in [9.17, 15) is 0 Å². The van der Waals surface area contributed by atoms with Crippen LogP contribution in [-0.4, -0.2) is 27.6 Å². The third-order valence-electron chi connectivity index (χ3n) is 3.24. The zero-order valence-electron chi connectivity index (χ0n) is 11.5. The molecule has 0 spiro atoms.